The van der Waals surface area contributed by atoms with Gasteiger partial charge in [0.1, 0.15) is 0 Å². The maximum Gasteiger partial charge on any atom is 0.0737 e. The lowest BCUT2D eigenvalue weighted by atomic mass is 10.1. The zero-order valence-corrected chi connectivity index (χ0v) is 12.5. The van der Waals surface area contributed by atoms with Gasteiger partial charge in [0, 0.05) is 41.6 Å². The van der Waals surface area contributed by atoms with Crippen LogP contribution in [-0.4, -0.2) is 12.0 Å². The molecule has 4 heteroatoms. The predicted octanol–water partition coefficient (Wildman–Crippen LogP) is 4.11. The Morgan fingerprint density at radius 1 is 1.14 bits per heavy atom. The summed E-state index contributed by atoms with van der Waals surface area (Å²) in [6.45, 7) is 0.744. The summed E-state index contributed by atoms with van der Waals surface area (Å²) in [7, 11) is 2.05. The normalized spacial score (nSPS) is 10.8. The maximum absolute atomic E-state index is 6.03. The lowest BCUT2D eigenvalue weighted by Gasteiger charge is -2.22. The van der Waals surface area contributed by atoms with E-state index in [2.05, 4.69) is 16.9 Å². The third kappa shape index (κ3) is 2.78. The van der Waals surface area contributed by atoms with E-state index in [1.165, 1.54) is 0 Å². The molecule has 3 rings (SSSR count). The van der Waals surface area contributed by atoms with Gasteiger partial charge in [-0.3, -0.25) is 4.98 Å². The molecule has 0 aliphatic carbocycles. The molecule has 3 nitrogen and oxygen atoms in total. The van der Waals surface area contributed by atoms with Gasteiger partial charge in [-0.1, -0.05) is 29.8 Å². The van der Waals surface area contributed by atoms with E-state index in [0.717, 1.165) is 34.4 Å². The van der Waals surface area contributed by atoms with Gasteiger partial charge in [-0.05, 0) is 35.9 Å². The molecular weight excluding hydrogens is 282 g/mol. The third-order valence-corrected chi connectivity index (χ3v) is 3.79. The molecule has 0 fully saturated rings. The first kappa shape index (κ1) is 13.7. The van der Waals surface area contributed by atoms with E-state index >= 15 is 0 Å². The van der Waals surface area contributed by atoms with Crippen molar-refractivity contribution in [2.45, 2.75) is 6.54 Å². The van der Waals surface area contributed by atoms with Crippen LogP contribution < -0.4 is 10.6 Å². The zero-order valence-electron chi connectivity index (χ0n) is 11.8. The van der Waals surface area contributed by atoms with Gasteiger partial charge in [-0.15, -0.1) is 0 Å². The Kier molecular flexibility index (Phi) is 3.67. The van der Waals surface area contributed by atoms with Crippen LogP contribution in [0.1, 0.15) is 5.56 Å². The second-order valence-corrected chi connectivity index (χ2v) is 5.48. The first-order chi connectivity index (χ1) is 10.1. The summed E-state index contributed by atoms with van der Waals surface area (Å²) in [4.78, 5) is 6.54. The molecule has 1 aromatic heterocycles. The van der Waals surface area contributed by atoms with Crippen LogP contribution in [0.25, 0.3) is 10.9 Å². The van der Waals surface area contributed by atoms with E-state index in [4.69, 9.17) is 17.3 Å². The number of nitrogens with two attached hydrogens (primary N) is 1. The molecule has 21 heavy (non-hydrogen) atoms. The fraction of sp³-hybridized carbons (Fsp3) is 0.118. The van der Waals surface area contributed by atoms with Crippen molar-refractivity contribution in [3.05, 3.63) is 65.3 Å². The van der Waals surface area contributed by atoms with Crippen molar-refractivity contribution in [2.75, 3.05) is 17.7 Å². The monoisotopic (exact) mass is 297 g/mol. The van der Waals surface area contributed by atoms with Crippen molar-refractivity contribution in [1.82, 2.24) is 4.98 Å². The Bertz CT molecular complexity index is 786. The molecular formula is C17H16ClN3. The molecule has 0 spiro atoms. The van der Waals surface area contributed by atoms with Crippen LogP contribution in [0, 0.1) is 0 Å². The number of rotatable bonds is 3. The Morgan fingerprint density at radius 2 is 1.95 bits per heavy atom. The van der Waals surface area contributed by atoms with E-state index in [1.807, 2.05) is 48.5 Å². The van der Waals surface area contributed by atoms with Gasteiger partial charge in [-0.2, -0.15) is 0 Å². The highest BCUT2D eigenvalue weighted by Crippen LogP contribution is 2.28. The first-order valence-electron chi connectivity index (χ1n) is 6.74. The highest BCUT2D eigenvalue weighted by Gasteiger charge is 2.09. The average molecular weight is 298 g/mol. The molecule has 0 radical (unpaired) electrons. The summed E-state index contributed by atoms with van der Waals surface area (Å²) >= 11 is 6.03. The summed E-state index contributed by atoms with van der Waals surface area (Å²) in [6, 6.07) is 15.7. The lowest BCUT2D eigenvalue weighted by Crippen LogP contribution is -2.17. The zero-order chi connectivity index (χ0) is 14.8. The topological polar surface area (TPSA) is 42.1 Å². The van der Waals surface area contributed by atoms with Crippen LogP contribution in [0.2, 0.25) is 5.02 Å². The molecule has 0 saturated carbocycles. The second-order valence-electron chi connectivity index (χ2n) is 5.05. The summed E-state index contributed by atoms with van der Waals surface area (Å²) in [6.07, 6.45) is 1.80. The van der Waals surface area contributed by atoms with Gasteiger partial charge in [0.15, 0.2) is 0 Å². The van der Waals surface area contributed by atoms with Gasteiger partial charge in [0.05, 0.1) is 5.52 Å². The molecule has 0 bridgehead atoms. The smallest absolute Gasteiger partial charge is 0.0737 e. The van der Waals surface area contributed by atoms with E-state index in [0.29, 0.717) is 5.02 Å². The molecule has 0 unspecified atom stereocenters. The molecule has 0 aliphatic heterocycles. The fourth-order valence-electron chi connectivity index (χ4n) is 2.46. The van der Waals surface area contributed by atoms with Gasteiger partial charge in [-0.25, -0.2) is 0 Å². The Hall–Kier alpha value is -2.26. The van der Waals surface area contributed by atoms with Crippen LogP contribution in [-0.2, 0) is 6.54 Å². The van der Waals surface area contributed by atoms with Crippen LogP contribution in [0.5, 0.6) is 0 Å². The fourth-order valence-corrected chi connectivity index (χ4v) is 2.62. The van der Waals surface area contributed by atoms with Gasteiger partial charge >= 0.3 is 0 Å². The second kappa shape index (κ2) is 5.62. The molecule has 3 aromatic rings. The number of hydrogen-bond donors (Lipinski definition) is 1. The van der Waals surface area contributed by atoms with E-state index in [1.54, 1.807) is 6.20 Å². The number of hydrogen-bond acceptors (Lipinski definition) is 3. The highest BCUT2D eigenvalue weighted by atomic mass is 35.5. The molecule has 0 amide bonds. The molecule has 1 heterocycles. The minimum atomic E-state index is 0.696. The first-order valence-corrected chi connectivity index (χ1v) is 7.12. The SMILES string of the molecule is CN(Cc1ccccc1N)c1ccnc2cc(Cl)ccc12. The molecule has 0 atom stereocenters. The Balaban J connectivity index is 1.98. The molecule has 0 saturated heterocycles. The number of para-hydroxylation sites is 1. The van der Waals surface area contributed by atoms with Crippen LogP contribution in [0.15, 0.2) is 54.7 Å². The highest BCUT2D eigenvalue weighted by molar-refractivity contribution is 6.31. The Morgan fingerprint density at radius 3 is 2.76 bits per heavy atom. The number of aromatic nitrogens is 1. The summed E-state index contributed by atoms with van der Waals surface area (Å²) in [5.74, 6) is 0. The van der Waals surface area contributed by atoms with E-state index in [-0.39, 0.29) is 0 Å². The molecule has 106 valence electrons. The molecule has 2 aromatic carbocycles. The molecule has 0 aliphatic rings. The summed E-state index contributed by atoms with van der Waals surface area (Å²) < 4.78 is 0. The van der Waals surface area contributed by atoms with Crippen LogP contribution in [0.3, 0.4) is 0 Å². The van der Waals surface area contributed by atoms with E-state index < -0.39 is 0 Å². The minimum absolute atomic E-state index is 0.696. The van der Waals surface area contributed by atoms with Gasteiger partial charge < -0.3 is 10.6 Å². The van der Waals surface area contributed by atoms with Crippen LogP contribution in [0.4, 0.5) is 11.4 Å². The maximum atomic E-state index is 6.03. The molecule has 2 N–H and O–H groups in total. The number of halogens is 1. The van der Waals surface area contributed by atoms with Crippen molar-refractivity contribution in [3.63, 3.8) is 0 Å². The van der Waals surface area contributed by atoms with Gasteiger partial charge in [0.2, 0.25) is 0 Å². The summed E-state index contributed by atoms with van der Waals surface area (Å²) in [5, 5.41) is 1.78. The van der Waals surface area contributed by atoms with Crippen molar-refractivity contribution in [1.29, 1.82) is 0 Å². The number of pyridine rings is 1. The largest absolute Gasteiger partial charge is 0.398 e. The number of fused-ring (bicyclic) bond motifs is 1. The van der Waals surface area contributed by atoms with Crippen molar-refractivity contribution >= 4 is 33.9 Å². The van der Waals surface area contributed by atoms with Crippen molar-refractivity contribution in [2.24, 2.45) is 0 Å². The summed E-state index contributed by atoms with van der Waals surface area (Å²) in [5.41, 5.74) is 9.95. The predicted molar refractivity (Wildman–Crippen MR) is 89.7 cm³/mol. The van der Waals surface area contributed by atoms with Gasteiger partial charge in [0.25, 0.3) is 0 Å². The quantitative estimate of drug-likeness (QED) is 0.740. The minimum Gasteiger partial charge on any atom is -0.398 e. The standard InChI is InChI=1S/C17H16ClN3/c1-21(11-12-4-2-3-5-15(12)19)17-8-9-20-16-10-13(18)6-7-14(16)17/h2-10H,11,19H2,1H3. The number of nitrogens with zero attached hydrogens (tertiary/aromatic N) is 2. The van der Waals surface area contributed by atoms with Crippen LogP contribution >= 0.6 is 11.6 Å². The number of benzene rings is 2. The Labute approximate surface area is 129 Å². The van der Waals surface area contributed by atoms with E-state index in [9.17, 15) is 0 Å². The average Bonchev–Trinajstić information content (AvgIpc) is 2.48. The number of anilines is 2. The lowest BCUT2D eigenvalue weighted by molar-refractivity contribution is 0.929. The third-order valence-electron chi connectivity index (χ3n) is 3.56. The van der Waals surface area contributed by atoms with Crippen molar-refractivity contribution < 1.29 is 0 Å². The number of nitrogen functional groups attached to an aromatic ring is 1. The van der Waals surface area contributed by atoms with Crippen molar-refractivity contribution in [3.8, 4) is 0 Å².